The minimum absolute atomic E-state index is 0.0454. The van der Waals surface area contributed by atoms with Gasteiger partial charge in [-0.2, -0.15) is 5.10 Å². The molecule has 0 spiro atoms. The lowest BCUT2D eigenvalue weighted by atomic mass is 9.92. The Morgan fingerprint density at radius 3 is 2.93 bits per heavy atom. The van der Waals surface area contributed by atoms with Crippen LogP contribution >= 0.6 is 51.7 Å². The summed E-state index contributed by atoms with van der Waals surface area (Å²) in [7, 11) is 0. The van der Waals surface area contributed by atoms with Gasteiger partial charge in [-0.1, -0.05) is 30.1 Å². The number of H-pyrrole nitrogens is 1. The first-order chi connectivity index (χ1) is 14.5. The van der Waals surface area contributed by atoms with Crippen molar-refractivity contribution in [3.05, 3.63) is 70.0 Å². The van der Waals surface area contributed by atoms with Crippen LogP contribution < -0.4 is 0 Å². The Hall–Kier alpha value is -1.25. The van der Waals surface area contributed by atoms with E-state index in [1.54, 1.807) is 6.20 Å². The van der Waals surface area contributed by atoms with E-state index in [-0.39, 0.29) is 10.9 Å². The van der Waals surface area contributed by atoms with Gasteiger partial charge in [-0.25, -0.2) is 9.37 Å². The molecular weight excluding hydrogens is 560 g/mol. The second kappa shape index (κ2) is 9.49. The summed E-state index contributed by atoms with van der Waals surface area (Å²) in [6.07, 6.45) is 7.46. The van der Waals surface area contributed by atoms with E-state index in [9.17, 15) is 4.39 Å². The largest absolute Gasteiger partial charge is 0.350 e. The monoisotopic (exact) mass is 576 g/mol. The lowest BCUT2D eigenvalue weighted by molar-refractivity contribution is 0.335. The standard InChI is InChI=1S/C20H17Cl2FIN4OP/c1-11(18-16(21)2-3-17(23)19(18)22)15-9-26-20-14(15)6-12(7-25-20)13-8-27-28(10-13)4-5-29-30-24/h2-3,6-11,30H,4-5H2,1H3,(H,25,26). The van der Waals surface area contributed by atoms with E-state index in [1.807, 2.05) is 30.2 Å². The Balaban J connectivity index is 1.70. The van der Waals surface area contributed by atoms with Gasteiger partial charge in [0, 0.05) is 46.0 Å². The van der Waals surface area contributed by atoms with Crippen molar-refractivity contribution in [2.24, 2.45) is 0 Å². The van der Waals surface area contributed by atoms with E-state index in [0.717, 1.165) is 27.7 Å². The zero-order valence-electron chi connectivity index (χ0n) is 15.8. The number of hydrogen-bond donors (Lipinski definition) is 1. The van der Waals surface area contributed by atoms with Crippen LogP contribution in [0.3, 0.4) is 0 Å². The first kappa shape index (κ1) is 22.0. The Kier molecular flexibility index (Phi) is 6.95. The maximum absolute atomic E-state index is 14.0. The number of benzene rings is 1. The van der Waals surface area contributed by atoms with Gasteiger partial charge in [0.2, 0.25) is 0 Å². The summed E-state index contributed by atoms with van der Waals surface area (Å²) in [5.74, 6) is -0.707. The van der Waals surface area contributed by atoms with Gasteiger partial charge < -0.3 is 9.51 Å². The van der Waals surface area contributed by atoms with Gasteiger partial charge in [-0.15, -0.1) is 0 Å². The van der Waals surface area contributed by atoms with Crippen molar-refractivity contribution in [2.75, 3.05) is 6.61 Å². The highest BCUT2D eigenvalue weighted by Gasteiger charge is 2.21. The summed E-state index contributed by atoms with van der Waals surface area (Å²) in [6, 6.07) is 4.86. The molecule has 0 bridgehead atoms. The minimum atomic E-state index is -0.485. The highest BCUT2D eigenvalue weighted by molar-refractivity contribution is 14.2. The molecule has 3 aromatic heterocycles. The SMILES string of the molecule is CC(c1c(Cl)ccc(F)c1Cl)c1c[nH]c2ncc(-c3cnn(CCOPI)c3)cc12. The maximum Gasteiger partial charge on any atom is 0.142 e. The third-order valence-electron chi connectivity index (χ3n) is 4.99. The van der Waals surface area contributed by atoms with Crippen LogP contribution in [0.25, 0.3) is 22.2 Å². The molecule has 0 saturated heterocycles. The number of aromatic nitrogens is 4. The van der Waals surface area contributed by atoms with Crippen LogP contribution in [0.5, 0.6) is 0 Å². The van der Waals surface area contributed by atoms with E-state index in [1.165, 1.54) is 12.1 Å². The molecule has 1 aromatic carbocycles. The Bertz CT molecular complexity index is 1200. The molecule has 156 valence electrons. The topological polar surface area (TPSA) is 55.7 Å². The number of nitrogens with one attached hydrogen (secondary N) is 1. The summed E-state index contributed by atoms with van der Waals surface area (Å²) in [5, 5.41) is 5.80. The molecule has 0 aliphatic carbocycles. The van der Waals surface area contributed by atoms with Crippen LogP contribution in [-0.2, 0) is 11.1 Å². The first-order valence-corrected chi connectivity index (χ1v) is 13.9. The van der Waals surface area contributed by atoms with Crippen molar-refractivity contribution in [3.8, 4) is 11.1 Å². The molecule has 30 heavy (non-hydrogen) atoms. The first-order valence-electron chi connectivity index (χ1n) is 9.10. The third-order valence-corrected chi connectivity index (χ3v) is 6.95. The van der Waals surface area contributed by atoms with E-state index in [2.05, 4.69) is 43.2 Å². The maximum atomic E-state index is 14.0. The molecule has 0 aliphatic heterocycles. The molecule has 2 atom stereocenters. The van der Waals surface area contributed by atoms with E-state index < -0.39 is 5.82 Å². The molecule has 3 heterocycles. The molecular formula is C20H17Cl2FIN4OP. The van der Waals surface area contributed by atoms with Gasteiger partial charge in [0.15, 0.2) is 0 Å². The number of rotatable bonds is 7. The number of halogens is 4. The van der Waals surface area contributed by atoms with Crippen LogP contribution in [0.2, 0.25) is 10.0 Å². The van der Waals surface area contributed by atoms with Crippen LogP contribution in [0.4, 0.5) is 4.39 Å². The summed E-state index contributed by atoms with van der Waals surface area (Å²) >= 11 is 14.8. The highest BCUT2D eigenvalue weighted by atomic mass is 127. The molecule has 4 rings (SSSR count). The number of aromatic amines is 1. The zero-order valence-corrected chi connectivity index (χ0v) is 20.5. The molecule has 0 amide bonds. The Morgan fingerprint density at radius 2 is 2.13 bits per heavy atom. The fraction of sp³-hybridized carbons (Fsp3) is 0.200. The van der Waals surface area contributed by atoms with Gasteiger partial charge >= 0.3 is 0 Å². The molecule has 0 fully saturated rings. The molecule has 10 heteroatoms. The number of hydrogen-bond acceptors (Lipinski definition) is 3. The zero-order chi connectivity index (χ0) is 21.3. The van der Waals surface area contributed by atoms with Gasteiger partial charge in [0.25, 0.3) is 0 Å². The molecule has 4 aromatic rings. The Labute approximate surface area is 197 Å². The summed E-state index contributed by atoms with van der Waals surface area (Å²) in [6.45, 7) is 3.70. The fourth-order valence-electron chi connectivity index (χ4n) is 3.45. The average molecular weight is 577 g/mol. The Morgan fingerprint density at radius 1 is 1.30 bits per heavy atom. The number of fused-ring (bicyclic) bond motifs is 1. The van der Waals surface area contributed by atoms with Gasteiger partial charge in [-0.05, 0) is 51.4 Å². The summed E-state index contributed by atoms with van der Waals surface area (Å²) in [4.78, 5) is 7.73. The molecule has 0 aliphatic rings. The second-order valence-electron chi connectivity index (χ2n) is 6.76. The molecule has 5 nitrogen and oxygen atoms in total. The smallest absolute Gasteiger partial charge is 0.142 e. The molecule has 2 unspecified atom stereocenters. The van der Waals surface area contributed by atoms with Crippen molar-refractivity contribution in [2.45, 2.75) is 19.4 Å². The molecule has 0 radical (unpaired) electrons. The van der Waals surface area contributed by atoms with Crippen LogP contribution in [0, 0.1) is 5.82 Å². The lowest BCUT2D eigenvalue weighted by Gasteiger charge is -2.15. The van der Waals surface area contributed by atoms with Crippen LogP contribution in [0.15, 0.2) is 43.0 Å². The van der Waals surface area contributed by atoms with E-state index in [4.69, 9.17) is 27.7 Å². The van der Waals surface area contributed by atoms with Gasteiger partial charge in [0.05, 0.1) is 30.8 Å². The highest BCUT2D eigenvalue weighted by Crippen LogP contribution is 2.39. The third kappa shape index (κ3) is 4.36. The summed E-state index contributed by atoms with van der Waals surface area (Å²) in [5.41, 5.74) is 4.15. The predicted molar refractivity (Wildman–Crippen MR) is 130 cm³/mol. The van der Waals surface area contributed by atoms with Crippen molar-refractivity contribution in [1.29, 1.82) is 0 Å². The minimum Gasteiger partial charge on any atom is -0.350 e. The van der Waals surface area contributed by atoms with E-state index in [0.29, 0.717) is 30.2 Å². The van der Waals surface area contributed by atoms with Crippen LogP contribution in [-0.4, -0.2) is 26.4 Å². The van der Waals surface area contributed by atoms with Crippen molar-refractivity contribution < 1.29 is 8.91 Å². The van der Waals surface area contributed by atoms with E-state index >= 15 is 0 Å². The normalized spacial score (nSPS) is 13.0. The number of pyridine rings is 1. The number of nitrogens with zero attached hydrogens (tertiary/aromatic N) is 3. The average Bonchev–Trinajstić information content (AvgIpc) is 3.38. The van der Waals surface area contributed by atoms with Crippen molar-refractivity contribution >= 4 is 62.7 Å². The van der Waals surface area contributed by atoms with Gasteiger partial charge in [0.1, 0.15) is 11.5 Å². The van der Waals surface area contributed by atoms with Crippen molar-refractivity contribution in [1.82, 2.24) is 19.7 Å². The predicted octanol–water partition coefficient (Wildman–Crippen LogP) is 6.98. The quantitative estimate of drug-likeness (QED) is 0.112. The lowest BCUT2D eigenvalue weighted by Crippen LogP contribution is -2.02. The van der Waals surface area contributed by atoms with Gasteiger partial charge in [-0.3, -0.25) is 4.68 Å². The summed E-state index contributed by atoms with van der Waals surface area (Å²) < 4.78 is 21.3. The molecule has 0 saturated carbocycles. The van der Waals surface area contributed by atoms with Crippen molar-refractivity contribution in [3.63, 3.8) is 0 Å². The molecule has 1 N–H and O–H groups in total. The second-order valence-corrected chi connectivity index (χ2v) is 9.31. The van der Waals surface area contributed by atoms with Crippen LogP contribution in [0.1, 0.15) is 24.0 Å². The fourth-order valence-corrected chi connectivity index (χ4v) is 4.97.